The average molecular weight is 691 g/mol. The number of para-hydroxylation sites is 4. The first-order valence-electron chi connectivity index (χ1n) is 18.9. The van der Waals surface area contributed by atoms with Gasteiger partial charge in [-0.15, -0.1) is 0 Å². The molecule has 0 fully saturated rings. The second-order valence-electron chi connectivity index (χ2n) is 14.9. The number of hydrogen-bond acceptors (Lipinski definition) is 1. The fraction of sp³-hybridized carbons (Fsp3) is 0.0588. The van der Waals surface area contributed by atoms with Gasteiger partial charge < -0.3 is 13.6 Å². The second-order valence-corrected chi connectivity index (χ2v) is 14.9. The van der Waals surface area contributed by atoms with Gasteiger partial charge in [0.2, 0.25) is 0 Å². The number of nitrogens with zero attached hydrogens (tertiary/aromatic N) is 2. The smallest absolute Gasteiger partial charge is 0.159 e. The summed E-state index contributed by atoms with van der Waals surface area (Å²) < 4.78 is 11.4. The van der Waals surface area contributed by atoms with E-state index >= 15 is 0 Å². The van der Waals surface area contributed by atoms with Gasteiger partial charge in [0.05, 0.1) is 33.4 Å². The highest BCUT2D eigenvalue weighted by Gasteiger charge is 2.26. The second kappa shape index (κ2) is 11.1. The molecule has 1 aliphatic carbocycles. The Kier molecular flexibility index (Phi) is 6.10. The lowest BCUT2D eigenvalue weighted by molar-refractivity contribution is 0.666. The number of benzene rings is 8. The van der Waals surface area contributed by atoms with Crippen LogP contribution in [0.5, 0.6) is 0 Å². The molecule has 12 rings (SSSR count). The van der Waals surface area contributed by atoms with Gasteiger partial charge in [-0.25, -0.2) is 0 Å². The van der Waals surface area contributed by atoms with E-state index in [1.54, 1.807) is 0 Å². The molecule has 8 aromatic carbocycles. The molecule has 1 unspecified atom stereocenters. The van der Waals surface area contributed by atoms with Gasteiger partial charge in [0.1, 0.15) is 5.58 Å². The molecule has 3 heteroatoms. The van der Waals surface area contributed by atoms with Gasteiger partial charge in [0, 0.05) is 32.3 Å². The molecule has 0 radical (unpaired) electrons. The molecule has 3 heterocycles. The van der Waals surface area contributed by atoms with Crippen LogP contribution in [0.4, 0.5) is 0 Å². The summed E-state index contributed by atoms with van der Waals surface area (Å²) in [6.45, 7) is 2.37. The molecule has 3 aromatic heterocycles. The number of furan rings is 1. The van der Waals surface area contributed by atoms with E-state index in [1.807, 2.05) is 6.07 Å². The highest BCUT2D eigenvalue weighted by atomic mass is 16.3. The molecule has 0 saturated carbocycles. The molecule has 0 spiro atoms. The Balaban J connectivity index is 1.05. The Morgan fingerprint density at radius 2 is 0.981 bits per heavy atom. The van der Waals surface area contributed by atoms with Crippen molar-refractivity contribution in [3.63, 3.8) is 0 Å². The molecule has 0 saturated heterocycles. The van der Waals surface area contributed by atoms with Crippen LogP contribution in [0.15, 0.2) is 174 Å². The maximum Gasteiger partial charge on any atom is 0.159 e. The van der Waals surface area contributed by atoms with Crippen molar-refractivity contribution in [3.8, 4) is 33.6 Å². The fourth-order valence-corrected chi connectivity index (χ4v) is 9.57. The van der Waals surface area contributed by atoms with Gasteiger partial charge in [0.25, 0.3) is 0 Å². The summed E-state index contributed by atoms with van der Waals surface area (Å²) in [7, 11) is 0. The highest BCUT2D eigenvalue weighted by molar-refractivity contribution is 6.14. The molecule has 54 heavy (non-hydrogen) atoms. The SMILES string of the molecule is CC1Cc2c(cccc2-n2c3ccccc3c3cc(-c4ccc5c(c4)c4ccccc4n5-c4cccc5c4oc4ccccc45)ccc32)-c2ccccc21. The van der Waals surface area contributed by atoms with Crippen LogP contribution in [0.2, 0.25) is 0 Å². The predicted molar refractivity (Wildman–Crippen MR) is 225 cm³/mol. The van der Waals surface area contributed by atoms with Crippen molar-refractivity contribution in [1.82, 2.24) is 9.13 Å². The van der Waals surface area contributed by atoms with Gasteiger partial charge in [-0.3, -0.25) is 0 Å². The molecule has 0 N–H and O–H groups in total. The van der Waals surface area contributed by atoms with Crippen LogP contribution >= 0.6 is 0 Å². The van der Waals surface area contributed by atoms with Crippen LogP contribution in [0.1, 0.15) is 24.0 Å². The Morgan fingerprint density at radius 3 is 1.72 bits per heavy atom. The minimum atomic E-state index is 0.460. The summed E-state index contributed by atoms with van der Waals surface area (Å²) in [6, 6.07) is 62.2. The first-order chi connectivity index (χ1) is 26.7. The van der Waals surface area contributed by atoms with Gasteiger partial charge in [-0.05, 0) is 100 Å². The Labute approximate surface area is 311 Å². The standard InChI is InChI=1S/C51H34N2O/c1-31-28-41-36(35-13-3-2-12-34(31)35)17-10-21-46(41)52-44-19-7-4-14-37(44)42-29-32(24-26-47(42)52)33-25-27-48-43(30-33)38-15-5-8-20-45(38)53(48)49-22-11-18-40-39-16-6-9-23-50(39)54-51(40)49/h2-27,29-31H,28H2,1H3. The number of hydrogen-bond donors (Lipinski definition) is 0. The van der Waals surface area contributed by atoms with Crippen LogP contribution in [0, 0.1) is 0 Å². The predicted octanol–water partition coefficient (Wildman–Crippen LogP) is 13.8. The van der Waals surface area contributed by atoms with E-state index in [0.717, 1.165) is 39.6 Å². The van der Waals surface area contributed by atoms with Crippen LogP contribution in [0.25, 0.3) is 99.2 Å². The number of fused-ring (bicyclic) bond motifs is 12. The minimum Gasteiger partial charge on any atom is -0.454 e. The van der Waals surface area contributed by atoms with Crippen molar-refractivity contribution in [1.29, 1.82) is 0 Å². The average Bonchev–Trinajstić information content (AvgIpc) is 3.88. The first kappa shape index (κ1) is 29.7. The van der Waals surface area contributed by atoms with Crippen LogP contribution in [-0.4, -0.2) is 9.13 Å². The van der Waals surface area contributed by atoms with Gasteiger partial charge in [-0.1, -0.05) is 122 Å². The molecule has 0 amide bonds. The Morgan fingerprint density at radius 1 is 0.444 bits per heavy atom. The van der Waals surface area contributed by atoms with Crippen molar-refractivity contribution >= 4 is 65.6 Å². The zero-order chi connectivity index (χ0) is 35.5. The molecular formula is C51H34N2O. The maximum absolute atomic E-state index is 6.54. The summed E-state index contributed by atoms with van der Waals surface area (Å²) in [4.78, 5) is 0. The third-order valence-electron chi connectivity index (χ3n) is 12.0. The van der Waals surface area contributed by atoms with Crippen LogP contribution in [-0.2, 0) is 6.42 Å². The minimum absolute atomic E-state index is 0.460. The lowest BCUT2D eigenvalue weighted by Gasteiger charge is -2.28. The lowest BCUT2D eigenvalue weighted by atomic mass is 9.79. The fourth-order valence-electron chi connectivity index (χ4n) is 9.57. The van der Waals surface area contributed by atoms with E-state index in [2.05, 4.69) is 180 Å². The molecule has 0 bridgehead atoms. The summed E-state index contributed by atoms with van der Waals surface area (Å²) >= 11 is 0. The number of aromatic nitrogens is 2. The molecule has 1 atom stereocenters. The van der Waals surface area contributed by atoms with Crippen molar-refractivity contribution in [3.05, 3.63) is 181 Å². The van der Waals surface area contributed by atoms with E-state index in [9.17, 15) is 0 Å². The summed E-state index contributed by atoms with van der Waals surface area (Å²) in [5.41, 5.74) is 17.0. The Hall–Kier alpha value is -6.84. The van der Waals surface area contributed by atoms with Crippen molar-refractivity contribution in [2.45, 2.75) is 19.3 Å². The normalized spacial score (nSPS) is 14.1. The lowest BCUT2D eigenvalue weighted by Crippen LogP contribution is -2.12. The third-order valence-corrected chi connectivity index (χ3v) is 12.0. The zero-order valence-corrected chi connectivity index (χ0v) is 29.8. The van der Waals surface area contributed by atoms with E-state index in [4.69, 9.17) is 4.42 Å². The monoisotopic (exact) mass is 690 g/mol. The maximum atomic E-state index is 6.54. The van der Waals surface area contributed by atoms with E-state index in [1.165, 1.54) is 77.2 Å². The van der Waals surface area contributed by atoms with Gasteiger partial charge >= 0.3 is 0 Å². The Bertz CT molecular complexity index is 3330. The van der Waals surface area contributed by atoms with Crippen LogP contribution < -0.4 is 0 Å². The highest BCUT2D eigenvalue weighted by Crippen LogP contribution is 2.45. The molecular weight excluding hydrogens is 657 g/mol. The van der Waals surface area contributed by atoms with Crippen molar-refractivity contribution in [2.24, 2.45) is 0 Å². The van der Waals surface area contributed by atoms with E-state index in [-0.39, 0.29) is 0 Å². The number of rotatable bonds is 3. The summed E-state index contributed by atoms with van der Waals surface area (Å²) in [5, 5.41) is 7.26. The van der Waals surface area contributed by atoms with E-state index < -0.39 is 0 Å². The molecule has 0 aliphatic heterocycles. The van der Waals surface area contributed by atoms with Gasteiger partial charge in [0.15, 0.2) is 5.58 Å². The van der Waals surface area contributed by atoms with Crippen molar-refractivity contribution < 1.29 is 4.42 Å². The summed E-state index contributed by atoms with van der Waals surface area (Å²) in [5.74, 6) is 0.460. The van der Waals surface area contributed by atoms with Gasteiger partial charge in [-0.2, -0.15) is 0 Å². The topological polar surface area (TPSA) is 23.0 Å². The zero-order valence-electron chi connectivity index (χ0n) is 29.8. The molecule has 3 nitrogen and oxygen atoms in total. The third kappa shape index (κ3) is 4.07. The quantitative estimate of drug-likeness (QED) is 0.181. The van der Waals surface area contributed by atoms with Crippen LogP contribution in [0.3, 0.4) is 0 Å². The molecule has 254 valence electrons. The first-order valence-corrected chi connectivity index (χ1v) is 18.9. The molecule has 1 aliphatic rings. The van der Waals surface area contributed by atoms with E-state index in [0.29, 0.717) is 5.92 Å². The van der Waals surface area contributed by atoms with Crippen molar-refractivity contribution in [2.75, 3.05) is 0 Å². The molecule has 11 aromatic rings. The largest absolute Gasteiger partial charge is 0.454 e. The summed E-state index contributed by atoms with van der Waals surface area (Å²) in [6.07, 6.45) is 1.02.